The number of furan rings is 1. The number of benzene rings is 4. The van der Waals surface area contributed by atoms with Gasteiger partial charge in [0, 0.05) is 21.9 Å². The molecule has 2 heterocycles. The van der Waals surface area contributed by atoms with Crippen molar-refractivity contribution in [2.24, 2.45) is 5.41 Å². The Kier molecular flexibility index (Phi) is 5.33. The molecule has 1 fully saturated rings. The molecule has 1 aliphatic rings. The maximum Gasteiger partial charge on any atom is 0.159 e. The van der Waals surface area contributed by atoms with Crippen molar-refractivity contribution < 1.29 is 4.42 Å². The van der Waals surface area contributed by atoms with Crippen molar-refractivity contribution in [1.29, 1.82) is 0 Å². The van der Waals surface area contributed by atoms with Gasteiger partial charge >= 0.3 is 0 Å². The van der Waals surface area contributed by atoms with E-state index in [1.807, 2.05) is 0 Å². The Hall–Kier alpha value is -3.72. The first kappa shape index (κ1) is 22.7. The minimum Gasteiger partial charge on any atom is -0.454 e. The lowest BCUT2D eigenvalue weighted by Gasteiger charge is -2.43. The quantitative estimate of drug-likeness (QED) is 0.261. The summed E-state index contributed by atoms with van der Waals surface area (Å²) in [5.74, 6) is 0. The highest BCUT2D eigenvalue weighted by atomic mass is 16.3. The van der Waals surface area contributed by atoms with Crippen LogP contribution in [-0.2, 0) is 0 Å². The molecule has 0 bridgehead atoms. The van der Waals surface area contributed by atoms with Crippen LogP contribution in [0.15, 0.2) is 101 Å². The minimum atomic E-state index is -0.0335. The first-order valence-electron chi connectivity index (χ1n) is 12.9. The first-order valence-corrected chi connectivity index (χ1v) is 12.9. The van der Waals surface area contributed by atoms with Crippen LogP contribution < -0.4 is 9.80 Å². The van der Waals surface area contributed by atoms with Crippen LogP contribution in [-0.4, -0.2) is 12.2 Å². The summed E-state index contributed by atoms with van der Waals surface area (Å²) in [4.78, 5) is 5.28. The maximum atomic E-state index is 6.61. The van der Waals surface area contributed by atoms with E-state index in [1.165, 1.54) is 33.3 Å². The third-order valence-electron chi connectivity index (χ3n) is 7.67. The molecule has 3 atom stereocenters. The van der Waals surface area contributed by atoms with E-state index in [4.69, 9.17) is 4.42 Å². The normalized spacial score (nSPS) is 20.5. The fraction of sp³-hybridized carbons (Fsp3) is 0.273. The number of anilines is 2. The van der Waals surface area contributed by atoms with E-state index in [9.17, 15) is 0 Å². The molecule has 5 aromatic rings. The van der Waals surface area contributed by atoms with E-state index in [0.717, 1.165) is 11.2 Å². The number of para-hydroxylation sites is 2. The largest absolute Gasteiger partial charge is 0.454 e. The fourth-order valence-corrected chi connectivity index (χ4v) is 6.24. The second-order valence-electron chi connectivity index (χ2n) is 11.2. The van der Waals surface area contributed by atoms with Gasteiger partial charge in [-0.3, -0.25) is 0 Å². The molecule has 0 amide bonds. The third kappa shape index (κ3) is 3.49. The highest BCUT2D eigenvalue weighted by Crippen LogP contribution is 2.51. The van der Waals surface area contributed by atoms with Gasteiger partial charge in [-0.1, -0.05) is 99.6 Å². The highest BCUT2D eigenvalue weighted by Gasteiger charge is 2.51. The summed E-state index contributed by atoms with van der Waals surface area (Å²) in [6.07, 6.45) is 0.123. The van der Waals surface area contributed by atoms with Gasteiger partial charge in [0.05, 0.1) is 17.8 Å². The number of hydrogen-bond donors (Lipinski definition) is 0. The van der Waals surface area contributed by atoms with E-state index in [0.29, 0.717) is 0 Å². The van der Waals surface area contributed by atoms with Crippen LogP contribution in [0.2, 0.25) is 0 Å². The predicted molar refractivity (Wildman–Crippen MR) is 152 cm³/mol. The summed E-state index contributed by atoms with van der Waals surface area (Å²) in [6.45, 7) is 11.7. The van der Waals surface area contributed by atoms with Crippen molar-refractivity contribution in [2.75, 3.05) is 9.80 Å². The SMILES string of the molecule is Cc1ccc2c(oc3ccccc32)c1N1C(C(C)(C)C)N(c2ccccc2)C(c2ccccc2)[C@@H]1C. The van der Waals surface area contributed by atoms with Crippen LogP contribution >= 0.6 is 0 Å². The van der Waals surface area contributed by atoms with Gasteiger partial charge in [-0.2, -0.15) is 0 Å². The topological polar surface area (TPSA) is 19.6 Å². The highest BCUT2D eigenvalue weighted by molar-refractivity contribution is 6.09. The Morgan fingerprint density at radius 1 is 0.694 bits per heavy atom. The molecular weight excluding hydrogens is 440 g/mol. The zero-order valence-corrected chi connectivity index (χ0v) is 21.8. The summed E-state index contributed by atoms with van der Waals surface area (Å²) in [6, 6.07) is 35.1. The molecule has 0 N–H and O–H groups in total. The third-order valence-corrected chi connectivity index (χ3v) is 7.67. The van der Waals surface area contributed by atoms with Crippen molar-refractivity contribution in [3.05, 3.63) is 108 Å². The van der Waals surface area contributed by atoms with Gasteiger partial charge in [-0.05, 0) is 43.2 Å². The lowest BCUT2D eigenvalue weighted by Crippen LogP contribution is -2.49. The number of hydrogen-bond acceptors (Lipinski definition) is 3. The number of fused-ring (bicyclic) bond motifs is 3. The molecule has 182 valence electrons. The molecule has 0 spiro atoms. The summed E-state index contributed by atoms with van der Waals surface area (Å²) in [5.41, 5.74) is 6.92. The average molecular weight is 475 g/mol. The van der Waals surface area contributed by atoms with Crippen LogP contribution in [0.1, 0.15) is 44.9 Å². The van der Waals surface area contributed by atoms with Gasteiger partial charge in [0.1, 0.15) is 11.7 Å². The maximum absolute atomic E-state index is 6.61. The van der Waals surface area contributed by atoms with Crippen molar-refractivity contribution in [3.63, 3.8) is 0 Å². The van der Waals surface area contributed by atoms with Crippen LogP contribution in [0.5, 0.6) is 0 Å². The molecule has 6 rings (SSSR count). The standard InChI is InChI=1S/C33H34N2O/c1-22-20-21-27-26-18-12-13-19-28(26)36-31(27)29(22)34-23(2)30(24-14-8-6-9-15-24)35(32(34)33(3,4)5)25-16-10-7-11-17-25/h6-21,23,30,32H,1-5H3/t23-,30?,32?/m0/s1. The van der Waals surface area contributed by atoms with Gasteiger partial charge in [-0.25, -0.2) is 0 Å². The van der Waals surface area contributed by atoms with E-state index in [2.05, 4.69) is 141 Å². The molecule has 0 radical (unpaired) electrons. The second kappa shape index (κ2) is 8.44. The lowest BCUT2D eigenvalue weighted by atomic mass is 9.89. The first-order chi connectivity index (χ1) is 17.4. The summed E-state index contributed by atoms with van der Waals surface area (Å²) < 4.78 is 6.61. The number of nitrogens with zero attached hydrogens (tertiary/aromatic N) is 2. The number of rotatable bonds is 3. The van der Waals surface area contributed by atoms with Gasteiger partial charge in [-0.15, -0.1) is 0 Å². The molecule has 4 aromatic carbocycles. The monoisotopic (exact) mass is 474 g/mol. The Morgan fingerprint density at radius 2 is 1.33 bits per heavy atom. The molecule has 3 nitrogen and oxygen atoms in total. The molecule has 1 saturated heterocycles. The average Bonchev–Trinajstić information content (AvgIpc) is 3.40. The zero-order valence-electron chi connectivity index (χ0n) is 21.8. The summed E-state index contributed by atoms with van der Waals surface area (Å²) in [5, 5.41) is 2.35. The van der Waals surface area contributed by atoms with Crippen LogP contribution in [0.25, 0.3) is 21.9 Å². The van der Waals surface area contributed by atoms with E-state index >= 15 is 0 Å². The Balaban J connectivity index is 1.64. The predicted octanol–water partition coefficient (Wildman–Crippen LogP) is 8.72. The number of aryl methyl sites for hydroxylation is 1. The Labute approximate surface area is 214 Å². The smallest absolute Gasteiger partial charge is 0.159 e. The van der Waals surface area contributed by atoms with Crippen molar-refractivity contribution in [3.8, 4) is 0 Å². The second-order valence-corrected chi connectivity index (χ2v) is 11.2. The molecule has 0 saturated carbocycles. The lowest BCUT2D eigenvalue weighted by molar-refractivity contribution is 0.316. The van der Waals surface area contributed by atoms with E-state index in [-0.39, 0.29) is 23.7 Å². The van der Waals surface area contributed by atoms with E-state index < -0.39 is 0 Å². The van der Waals surface area contributed by atoms with Crippen molar-refractivity contribution >= 4 is 33.3 Å². The van der Waals surface area contributed by atoms with Crippen molar-refractivity contribution in [1.82, 2.24) is 0 Å². The summed E-state index contributed by atoms with van der Waals surface area (Å²) in [7, 11) is 0. The zero-order chi connectivity index (χ0) is 25.0. The van der Waals surface area contributed by atoms with Crippen LogP contribution in [0.4, 0.5) is 11.4 Å². The van der Waals surface area contributed by atoms with Crippen LogP contribution in [0, 0.1) is 12.3 Å². The molecule has 1 aliphatic heterocycles. The van der Waals surface area contributed by atoms with Gasteiger partial charge < -0.3 is 14.2 Å². The van der Waals surface area contributed by atoms with Crippen molar-refractivity contribution in [2.45, 2.75) is 52.9 Å². The van der Waals surface area contributed by atoms with Gasteiger partial charge in [0.15, 0.2) is 5.58 Å². The van der Waals surface area contributed by atoms with Crippen LogP contribution in [0.3, 0.4) is 0 Å². The fourth-order valence-electron chi connectivity index (χ4n) is 6.24. The molecular formula is C33H34N2O. The minimum absolute atomic E-state index is 0.0335. The molecule has 1 aromatic heterocycles. The molecule has 2 unspecified atom stereocenters. The molecule has 3 heteroatoms. The Bertz CT molecular complexity index is 1510. The molecule has 36 heavy (non-hydrogen) atoms. The molecule has 0 aliphatic carbocycles. The Morgan fingerprint density at radius 3 is 2.03 bits per heavy atom. The van der Waals surface area contributed by atoms with E-state index in [1.54, 1.807) is 0 Å². The van der Waals surface area contributed by atoms with Gasteiger partial charge in [0.2, 0.25) is 0 Å². The van der Waals surface area contributed by atoms with Gasteiger partial charge in [0.25, 0.3) is 0 Å². The summed E-state index contributed by atoms with van der Waals surface area (Å²) >= 11 is 0.